The number of halogens is 1. The van der Waals surface area contributed by atoms with Crippen molar-refractivity contribution in [2.75, 3.05) is 12.3 Å². The van der Waals surface area contributed by atoms with Crippen LogP contribution in [0.15, 0.2) is 18.2 Å². The molecule has 3 nitrogen and oxygen atoms in total. The second-order valence-electron chi connectivity index (χ2n) is 5.64. The van der Waals surface area contributed by atoms with E-state index in [2.05, 4.69) is 4.90 Å². The number of amides is 1. The summed E-state index contributed by atoms with van der Waals surface area (Å²) in [7, 11) is 0. The molecule has 2 unspecified atom stereocenters. The van der Waals surface area contributed by atoms with Gasteiger partial charge >= 0.3 is 0 Å². The predicted octanol–water partition coefficient (Wildman–Crippen LogP) is 3.33. The summed E-state index contributed by atoms with van der Waals surface area (Å²) >= 11 is 5.91. The standard InChI is InChI=1S/C15H19ClN2O/c16-12-7-6-11(9-13(12)17)15(19)18-8-2-4-10-3-1-5-14(10)18/h6-7,9-10,14H,1-5,8,17H2. The Hall–Kier alpha value is -1.22. The van der Waals surface area contributed by atoms with Crippen LogP contribution in [0.4, 0.5) is 5.69 Å². The molecule has 0 radical (unpaired) electrons. The summed E-state index contributed by atoms with van der Waals surface area (Å²) in [5.74, 6) is 0.822. The lowest BCUT2D eigenvalue weighted by Gasteiger charge is -2.37. The number of nitrogens with two attached hydrogens (primary N) is 1. The number of anilines is 1. The minimum Gasteiger partial charge on any atom is -0.398 e. The summed E-state index contributed by atoms with van der Waals surface area (Å²) in [5, 5.41) is 0.508. The van der Waals surface area contributed by atoms with Crippen molar-refractivity contribution in [2.24, 2.45) is 5.92 Å². The van der Waals surface area contributed by atoms with E-state index >= 15 is 0 Å². The first-order valence-electron chi connectivity index (χ1n) is 7.03. The van der Waals surface area contributed by atoms with E-state index in [0.29, 0.717) is 28.2 Å². The highest BCUT2D eigenvalue weighted by molar-refractivity contribution is 6.33. The highest BCUT2D eigenvalue weighted by atomic mass is 35.5. The average molecular weight is 279 g/mol. The fourth-order valence-corrected chi connectivity index (χ4v) is 3.67. The molecule has 4 heteroatoms. The third-order valence-electron chi connectivity index (χ3n) is 4.50. The molecule has 2 aliphatic rings. The highest BCUT2D eigenvalue weighted by Crippen LogP contribution is 2.37. The van der Waals surface area contributed by atoms with Crippen LogP contribution in [-0.2, 0) is 0 Å². The van der Waals surface area contributed by atoms with Crippen molar-refractivity contribution in [3.8, 4) is 0 Å². The van der Waals surface area contributed by atoms with Crippen molar-refractivity contribution in [3.05, 3.63) is 28.8 Å². The molecule has 0 bridgehead atoms. The molecule has 1 saturated carbocycles. The van der Waals surface area contributed by atoms with Crippen molar-refractivity contribution in [2.45, 2.75) is 38.1 Å². The van der Waals surface area contributed by atoms with Crippen LogP contribution in [0.3, 0.4) is 0 Å². The maximum absolute atomic E-state index is 12.6. The van der Waals surface area contributed by atoms with E-state index in [1.807, 2.05) is 0 Å². The van der Waals surface area contributed by atoms with E-state index in [4.69, 9.17) is 17.3 Å². The molecule has 1 amide bonds. The molecule has 3 rings (SSSR count). The largest absolute Gasteiger partial charge is 0.398 e. The van der Waals surface area contributed by atoms with Crippen LogP contribution >= 0.6 is 11.6 Å². The Kier molecular flexibility index (Phi) is 3.40. The lowest BCUT2D eigenvalue weighted by atomic mass is 9.91. The number of likely N-dealkylation sites (tertiary alicyclic amines) is 1. The fourth-order valence-electron chi connectivity index (χ4n) is 3.55. The fraction of sp³-hybridized carbons (Fsp3) is 0.533. The number of carbonyl (C=O) groups excluding carboxylic acids is 1. The quantitative estimate of drug-likeness (QED) is 0.801. The van der Waals surface area contributed by atoms with Gasteiger partial charge in [-0.15, -0.1) is 0 Å². The third kappa shape index (κ3) is 2.32. The SMILES string of the molecule is Nc1cc(C(=O)N2CCCC3CCCC32)ccc1Cl. The number of nitrogen functional groups attached to an aromatic ring is 1. The molecule has 2 atom stereocenters. The van der Waals surface area contributed by atoms with Gasteiger partial charge in [0.2, 0.25) is 0 Å². The van der Waals surface area contributed by atoms with Gasteiger partial charge in [-0.3, -0.25) is 4.79 Å². The number of fused-ring (bicyclic) bond motifs is 1. The molecule has 0 aromatic heterocycles. The molecule has 1 saturated heterocycles. The molecule has 1 aliphatic heterocycles. The molecule has 2 N–H and O–H groups in total. The monoisotopic (exact) mass is 278 g/mol. The van der Waals surface area contributed by atoms with Crippen LogP contribution in [0.25, 0.3) is 0 Å². The molecule has 1 heterocycles. The van der Waals surface area contributed by atoms with E-state index in [1.165, 1.54) is 19.3 Å². The van der Waals surface area contributed by atoms with Crippen molar-refractivity contribution >= 4 is 23.2 Å². The minimum absolute atomic E-state index is 0.111. The molecule has 1 aromatic carbocycles. The summed E-state index contributed by atoms with van der Waals surface area (Å²) in [6.07, 6.45) is 6.08. The first-order valence-corrected chi connectivity index (χ1v) is 7.40. The van der Waals surface area contributed by atoms with Gasteiger partial charge in [0.1, 0.15) is 0 Å². The zero-order chi connectivity index (χ0) is 13.4. The molecular weight excluding hydrogens is 260 g/mol. The zero-order valence-corrected chi connectivity index (χ0v) is 11.7. The minimum atomic E-state index is 0.111. The summed E-state index contributed by atoms with van der Waals surface area (Å²) in [6.45, 7) is 0.878. The predicted molar refractivity (Wildman–Crippen MR) is 77.3 cm³/mol. The van der Waals surface area contributed by atoms with E-state index in [0.717, 1.165) is 19.4 Å². The van der Waals surface area contributed by atoms with Crippen molar-refractivity contribution in [1.82, 2.24) is 4.90 Å². The van der Waals surface area contributed by atoms with Crippen molar-refractivity contribution in [1.29, 1.82) is 0 Å². The van der Waals surface area contributed by atoms with Crippen LogP contribution in [0.5, 0.6) is 0 Å². The van der Waals surface area contributed by atoms with Gasteiger partial charge in [0, 0.05) is 18.2 Å². The average Bonchev–Trinajstić information content (AvgIpc) is 2.89. The van der Waals surface area contributed by atoms with E-state index in [9.17, 15) is 4.79 Å². The Morgan fingerprint density at radius 2 is 2.05 bits per heavy atom. The Balaban J connectivity index is 1.84. The second-order valence-corrected chi connectivity index (χ2v) is 6.04. The highest BCUT2D eigenvalue weighted by Gasteiger charge is 2.37. The molecule has 1 aliphatic carbocycles. The van der Waals surface area contributed by atoms with Crippen molar-refractivity contribution in [3.63, 3.8) is 0 Å². The van der Waals surface area contributed by atoms with Gasteiger partial charge in [-0.25, -0.2) is 0 Å². The number of hydrogen-bond donors (Lipinski definition) is 1. The number of carbonyl (C=O) groups is 1. The maximum Gasteiger partial charge on any atom is 0.254 e. The second kappa shape index (κ2) is 5.04. The van der Waals surface area contributed by atoms with Crippen LogP contribution < -0.4 is 5.73 Å². The molecule has 102 valence electrons. The summed E-state index contributed by atoms with van der Waals surface area (Å²) in [5.41, 5.74) is 6.93. The zero-order valence-electron chi connectivity index (χ0n) is 10.9. The van der Waals surface area contributed by atoms with Crippen LogP contribution in [-0.4, -0.2) is 23.4 Å². The van der Waals surface area contributed by atoms with Gasteiger partial charge in [0.25, 0.3) is 5.91 Å². The van der Waals surface area contributed by atoms with Gasteiger partial charge in [-0.05, 0) is 49.8 Å². The summed E-state index contributed by atoms with van der Waals surface area (Å²) in [4.78, 5) is 14.7. The van der Waals surface area contributed by atoms with Crippen LogP contribution in [0, 0.1) is 5.92 Å². The first-order chi connectivity index (χ1) is 9.16. The Morgan fingerprint density at radius 3 is 2.84 bits per heavy atom. The van der Waals surface area contributed by atoms with Crippen LogP contribution in [0.1, 0.15) is 42.5 Å². The Labute approximate surface area is 118 Å². The topological polar surface area (TPSA) is 46.3 Å². The normalized spacial score (nSPS) is 26.3. The molecule has 0 spiro atoms. The number of benzene rings is 1. The number of hydrogen-bond acceptors (Lipinski definition) is 2. The number of nitrogens with zero attached hydrogens (tertiary/aromatic N) is 1. The van der Waals surface area contributed by atoms with Gasteiger partial charge in [-0.2, -0.15) is 0 Å². The van der Waals surface area contributed by atoms with Gasteiger partial charge in [0.05, 0.1) is 10.7 Å². The van der Waals surface area contributed by atoms with E-state index in [1.54, 1.807) is 18.2 Å². The summed E-state index contributed by atoms with van der Waals surface area (Å²) < 4.78 is 0. The smallest absolute Gasteiger partial charge is 0.254 e. The van der Waals surface area contributed by atoms with E-state index < -0.39 is 0 Å². The molecular formula is C15H19ClN2O. The summed E-state index contributed by atoms with van der Waals surface area (Å²) in [6, 6.07) is 5.63. The van der Waals surface area contributed by atoms with Gasteiger partial charge in [-0.1, -0.05) is 18.0 Å². The maximum atomic E-state index is 12.6. The van der Waals surface area contributed by atoms with Gasteiger partial charge < -0.3 is 10.6 Å². The first kappa shape index (κ1) is 12.8. The number of rotatable bonds is 1. The van der Waals surface area contributed by atoms with Crippen LogP contribution in [0.2, 0.25) is 5.02 Å². The Bertz CT molecular complexity index is 503. The molecule has 2 fully saturated rings. The van der Waals surface area contributed by atoms with E-state index in [-0.39, 0.29) is 5.91 Å². The van der Waals surface area contributed by atoms with Gasteiger partial charge in [0.15, 0.2) is 0 Å². The third-order valence-corrected chi connectivity index (χ3v) is 4.84. The van der Waals surface area contributed by atoms with Crippen molar-refractivity contribution < 1.29 is 4.79 Å². The lowest BCUT2D eigenvalue weighted by molar-refractivity contribution is 0.0548. The molecule has 19 heavy (non-hydrogen) atoms. The lowest BCUT2D eigenvalue weighted by Crippen LogP contribution is -2.46. The number of piperidine rings is 1. The molecule has 1 aromatic rings. The Morgan fingerprint density at radius 1 is 1.26 bits per heavy atom.